The molecule has 2 aromatic carbocycles. The van der Waals surface area contributed by atoms with Crippen molar-refractivity contribution in [3.8, 4) is 5.75 Å². The van der Waals surface area contributed by atoms with Gasteiger partial charge in [-0.25, -0.2) is 0 Å². The molecule has 1 atom stereocenters. The van der Waals surface area contributed by atoms with Crippen molar-refractivity contribution in [2.75, 3.05) is 23.9 Å². The van der Waals surface area contributed by atoms with Crippen LogP contribution in [0.25, 0.3) is 0 Å². The number of anilines is 2. The van der Waals surface area contributed by atoms with Crippen LogP contribution in [0.2, 0.25) is 0 Å². The van der Waals surface area contributed by atoms with E-state index in [4.69, 9.17) is 4.74 Å². The summed E-state index contributed by atoms with van der Waals surface area (Å²) in [5, 5.41) is 2.88. The standard InChI is InChI=1S/C21H21N3O4/c1-3-23-19(26)16-9-4-5-10-17(16)24-18(25)11-12-21(23,24)20(27)22-14-7-6-8-15(13-14)28-2/h4-10,13H,3,11-12H2,1-2H3,(H,22,27). The number of fused-ring (bicyclic) bond motifs is 3. The summed E-state index contributed by atoms with van der Waals surface area (Å²) in [7, 11) is 1.55. The van der Waals surface area contributed by atoms with Crippen LogP contribution in [-0.4, -0.2) is 41.9 Å². The average molecular weight is 379 g/mol. The van der Waals surface area contributed by atoms with Crippen LogP contribution in [-0.2, 0) is 9.59 Å². The summed E-state index contributed by atoms with van der Waals surface area (Å²) >= 11 is 0. The van der Waals surface area contributed by atoms with E-state index in [-0.39, 0.29) is 24.7 Å². The van der Waals surface area contributed by atoms with Crippen molar-refractivity contribution in [2.24, 2.45) is 0 Å². The minimum absolute atomic E-state index is 0.167. The van der Waals surface area contributed by atoms with E-state index in [9.17, 15) is 14.4 Å². The van der Waals surface area contributed by atoms with E-state index in [1.54, 1.807) is 55.6 Å². The first-order chi connectivity index (χ1) is 13.5. The Morgan fingerprint density at radius 2 is 1.96 bits per heavy atom. The molecule has 1 saturated heterocycles. The predicted molar refractivity (Wildman–Crippen MR) is 104 cm³/mol. The molecule has 0 aliphatic carbocycles. The van der Waals surface area contributed by atoms with Gasteiger partial charge in [0.05, 0.1) is 18.4 Å². The Morgan fingerprint density at radius 1 is 1.18 bits per heavy atom. The zero-order valence-electron chi connectivity index (χ0n) is 15.8. The average Bonchev–Trinajstić information content (AvgIpc) is 3.07. The van der Waals surface area contributed by atoms with Crippen LogP contribution in [0.5, 0.6) is 5.75 Å². The highest BCUT2D eigenvalue weighted by atomic mass is 16.5. The van der Waals surface area contributed by atoms with Gasteiger partial charge < -0.3 is 15.0 Å². The number of carbonyl (C=O) groups excluding carboxylic acids is 3. The van der Waals surface area contributed by atoms with Gasteiger partial charge in [0, 0.05) is 31.1 Å². The lowest BCUT2D eigenvalue weighted by Crippen LogP contribution is -2.69. The van der Waals surface area contributed by atoms with Gasteiger partial charge in [0.15, 0.2) is 0 Å². The molecule has 0 bridgehead atoms. The first-order valence-electron chi connectivity index (χ1n) is 9.22. The first-order valence-corrected chi connectivity index (χ1v) is 9.22. The number of ether oxygens (including phenoxy) is 1. The van der Waals surface area contributed by atoms with Gasteiger partial charge in [-0.05, 0) is 31.2 Å². The molecule has 3 amide bonds. The van der Waals surface area contributed by atoms with Gasteiger partial charge in [0.25, 0.3) is 11.8 Å². The largest absolute Gasteiger partial charge is 0.497 e. The number of nitrogens with zero attached hydrogens (tertiary/aromatic N) is 2. The Hall–Kier alpha value is -3.35. The van der Waals surface area contributed by atoms with E-state index in [0.717, 1.165) is 0 Å². The number of nitrogens with one attached hydrogen (secondary N) is 1. The van der Waals surface area contributed by atoms with Crippen LogP contribution in [0.1, 0.15) is 30.1 Å². The topological polar surface area (TPSA) is 79.0 Å². The van der Waals surface area contributed by atoms with E-state index in [1.807, 2.05) is 6.92 Å². The summed E-state index contributed by atoms with van der Waals surface area (Å²) in [5.74, 6) is -0.215. The molecular formula is C21H21N3O4. The summed E-state index contributed by atoms with van der Waals surface area (Å²) in [6.45, 7) is 2.12. The van der Waals surface area contributed by atoms with Gasteiger partial charge in [0.1, 0.15) is 5.75 Å². The summed E-state index contributed by atoms with van der Waals surface area (Å²) in [6, 6.07) is 13.9. The number of benzene rings is 2. The third-order valence-corrected chi connectivity index (χ3v) is 5.38. The number of amides is 3. The number of hydrogen-bond donors (Lipinski definition) is 1. The molecule has 28 heavy (non-hydrogen) atoms. The van der Waals surface area contributed by atoms with Crippen molar-refractivity contribution >= 4 is 29.1 Å². The molecule has 2 heterocycles. The number of rotatable bonds is 4. The van der Waals surface area contributed by atoms with Crippen molar-refractivity contribution in [3.05, 3.63) is 54.1 Å². The van der Waals surface area contributed by atoms with Crippen LogP contribution in [0, 0.1) is 0 Å². The molecule has 1 fully saturated rings. The highest BCUT2D eigenvalue weighted by Crippen LogP contribution is 2.44. The zero-order valence-corrected chi connectivity index (χ0v) is 15.8. The Labute approximate surface area is 162 Å². The normalized spacial score (nSPS) is 20.6. The van der Waals surface area contributed by atoms with Crippen LogP contribution < -0.4 is 15.0 Å². The lowest BCUT2D eigenvalue weighted by molar-refractivity contribution is -0.128. The summed E-state index contributed by atoms with van der Waals surface area (Å²) in [4.78, 5) is 42.4. The summed E-state index contributed by atoms with van der Waals surface area (Å²) in [5.41, 5.74) is 0.0886. The van der Waals surface area contributed by atoms with Gasteiger partial charge in [-0.3, -0.25) is 19.3 Å². The quantitative estimate of drug-likeness (QED) is 0.886. The Kier molecular flexibility index (Phi) is 4.30. The second-order valence-electron chi connectivity index (χ2n) is 6.80. The van der Waals surface area contributed by atoms with Crippen molar-refractivity contribution in [2.45, 2.75) is 25.4 Å². The molecule has 7 heteroatoms. The molecule has 0 spiro atoms. The van der Waals surface area contributed by atoms with Crippen LogP contribution >= 0.6 is 0 Å². The fraction of sp³-hybridized carbons (Fsp3) is 0.286. The van der Waals surface area contributed by atoms with Gasteiger partial charge in [0.2, 0.25) is 11.6 Å². The lowest BCUT2D eigenvalue weighted by Gasteiger charge is -2.48. The Morgan fingerprint density at radius 3 is 2.71 bits per heavy atom. The minimum Gasteiger partial charge on any atom is -0.497 e. The smallest absolute Gasteiger partial charge is 0.271 e. The van der Waals surface area contributed by atoms with Gasteiger partial charge in [-0.2, -0.15) is 0 Å². The maximum atomic E-state index is 13.5. The first kappa shape index (κ1) is 18.0. The zero-order chi connectivity index (χ0) is 19.9. The molecular weight excluding hydrogens is 358 g/mol. The van der Waals surface area contributed by atoms with Crippen molar-refractivity contribution in [1.82, 2.24) is 4.90 Å². The SMILES string of the molecule is CCN1C(=O)c2ccccc2N2C(=O)CCC12C(=O)Nc1cccc(OC)c1. The lowest BCUT2D eigenvalue weighted by atomic mass is 9.95. The number of likely N-dealkylation sites (N-methyl/N-ethyl adjacent to an activating group) is 1. The number of methoxy groups -OCH3 is 1. The molecule has 0 saturated carbocycles. The van der Waals surface area contributed by atoms with E-state index >= 15 is 0 Å². The predicted octanol–water partition coefficient (Wildman–Crippen LogP) is 2.63. The summed E-state index contributed by atoms with van der Waals surface area (Å²) < 4.78 is 5.21. The molecule has 2 aliphatic heterocycles. The van der Waals surface area contributed by atoms with Crippen LogP contribution in [0.4, 0.5) is 11.4 Å². The molecule has 0 radical (unpaired) electrons. The number of carbonyl (C=O) groups is 3. The Bertz CT molecular complexity index is 974. The summed E-state index contributed by atoms with van der Waals surface area (Å²) in [6.07, 6.45) is 0.444. The molecule has 4 rings (SSSR count). The van der Waals surface area contributed by atoms with Gasteiger partial charge in [-0.1, -0.05) is 18.2 Å². The third kappa shape index (κ3) is 2.46. The fourth-order valence-electron chi connectivity index (χ4n) is 4.14. The van der Waals surface area contributed by atoms with E-state index in [2.05, 4.69) is 5.32 Å². The molecule has 2 aliphatic rings. The van der Waals surface area contributed by atoms with Gasteiger partial charge in [-0.15, -0.1) is 0 Å². The second-order valence-corrected chi connectivity index (χ2v) is 6.80. The molecule has 144 valence electrons. The molecule has 0 aromatic heterocycles. The number of hydrogen-bond acceptors (Lipinski definition) is 4. The second kappa shape index (κ2) is 6.67. The van der Waals surface area contributed by atoms with Gasteiger partial charge >= 0.3 is 0 Å². The number of para-hydroxylation sites is 1. The minimum atomic E-state index is -1.37. The maximum absolute atomic E-state index is 13.5. The van der Waals surface area contributed by atoms with E-state index < -0.39 is 11.6 Å². The van der Waals surface area contributed by atoms with Crippen molar-refractivity contribution in [1.29, 1.82) is 0 Å². The molecule has 1 N–H and O–H groups in total. The highest BCUT2D eigenvalue weighted by Gasteiger charge is 2.60. The van der Waals surface area contributed by atoms with Crippen molar-refractivity contribution in [3.63, 3.8) is 0 Å². The van der Waals surface area contributed by atoms with E-state index in [1.165, 1.54) is 9.80 Å². The molecule has 2 aromatic rings. The van der Waals surface area contributed by atoms with Crippen molar-refractivity contribution < 1.29 is 19.1 Å². The molecule has 7 nitrogen and oxygen atoms in total. The molecule has 1 unspecified atom stereocenters. The van der Waals surface area contributed by atoms with Crippen LogP contribution in [0.15, 0.2) is 48.5 Å². The highest BCUT2D eigenvalue weighted by molar-refractivity contribution is 6.18. The third-order valence-electron chi connectivity index (χ3n) is 5.38. The fourth-order valence-corrected chi connectivity index (χ4v) is 4.14. The maximum Gasteiger partial charge on any atom is 0.271 e. The van der Waals surface area contributed by atoms with Crippen LogP contribution in [0.3, 0.4) is 0 Å². The van der Waals surface area contributed by atoms with E-state index in [0.29, 0.717) is 29.2 Å². The Balaban J connectivity index is 1.81. The monoisotopic (exact) mass is 379 g/mol.